The number of sulfonamides is 1. The second kappa shape index (κ2) is 7.34. The van der Waals surface area contributed by atoms with Crippen LogP contribution in [0, 0.1) is 12.7 Å². The second-order valence-electron chi connectivity index (χ2n) is 4.99. The largest absolute Gasteiger partial charge is 0.326 e. The standard InChI is InChI=1S/C16H17FN2O3S/c1-12-6-8-13(9-7-12)19-16(20)10-11-18-23(21,22)15-5-3-2-4-14(15)17/h2-9,18H,10-11H2,1H3,(H,19,20). The predicted molar refractivity (Wildman–Crippen MR) is 86.0 cm³/mol. The summed E-state index contributed by atoms with van der Waals surface area (Å²) in [6, 6.07) is 12.3. The van der Waals surface area contributed by atoms with Crippen molar-refractivity contribution in [3.63, 3.8) is 0 Å². The Morgan fingerprint density at radius 3 is 2.39 bits per heavy atom. The van der Waals surface area contributed by atoms with E-state index in [1.165, 1.54) is 18.2 Å². The van der Waals surface area contributed by atoms with E-state index in [1.54, 1.807) is 12.1 Å². The molecule has 2 N–H and O–H groups in total. The number of nitrogens with one attached hydrogen (secondary N) is 2. The number of carbonyl (C=O) groups excluding carboxylic acids is 1. The van der Waals surface area contributed by atoms with Crippen LogP contribution < -0.4 is 10.0 Å². The molecule has 0 saturated carbocycles. The van der Waals surface area contributed by atoms with Crippen LogP contribution in [0.15, 0.2) is 53.4 Å². The van der Waals surface area contributed by atoms with Crippen LogP contribution in [-0.4, -0.2) is 20.9 Å². The summed E-state index contributed by atoms with van der Waals surface area (Å²) in [6.45, 7) is 1.82. The van der Waals surface area contributed by atoms with Crippen LogP contribution in [0.25, 0.3) is 0 Å². The molecule has 23 heavy (non-hydrogen) atoms. The first kappa shape index (κ1) is 17.1. The van der Waals surface area contributed by atoms with Crippen molar-refractivity contribution in [1.82, 2.24) is 4.72 Å². The van der Waals surface area contributed by atoms with E-state index in [1.807, 2.05) is 19.1 Å². The lowest BCUT2D eigenvalue weighted by molar-refractivity contribution is -0.116. The molecule has 0 aliphatic heterocycles. The average molecular weight is 336 g/mol. The molecule has 2 aromatic rings. The molecular weight excluding hydrogens is 319 g/mol. The van der Waals surface area contributed by atoms with Crippen molar-refractivity contribution < 1.29 is 17.6 Å². The van der Waals surface area contributed by atoms with Gasteiger partial charge in [-0.3, -0.25) is 4.79 Å². The van der Waals surface area contributed by atoms with Gasteiger partial charge in [-0.1, -0.05) is 29.8 Å². The Hall–Kier alpha value is -2.25. The molecule has 0 saturated heterocycles. The van der Waals surface area contributed by atoms with Gasteiger partial charge in [0.15, 0.2) is 0 Å². The van der Waals surface area contributed by atoms with Crippen LogP contribution in [0.5, 0.6) is 0 Å². The van der Waals surface area contributed by atoms with E-state index < -0.39 is 20.7 Å². The topological polar surface area (TPSA) is 75.3 Å². The molecule has 0 aromatic heterocycles. The third kappa shape index (κ3) is 4.87. The van der Waals surface area contributed by atoms with Gasteiger partial charge < -0.3 is 5.32 Å². The van der Waals surface area contributed by atoms with Crippen molar-refractivity contribution >= 4 is 21.6 Å². The lowest BCUT2D eigenvalue weighted by atomic mass is 10.2. The first-order valence-corrected chi connectivity index (χ1v) is 8.47. The molecule has 1 amide bonds. The highest BCUT2D eigenvalue weighted by Gasteiger charge is 2.18. The Morgan fingerprint density at radius 1 is 1.09 bits per heavy atom. The third-order valence-electron chi connectivity index (χ3n) is 3.11. The maximum Gasteiger partial charge on any atom is 0.243 e. The smallest absolute Gasteiger partial charge is 0.243 e. The molecule has 0 spiro atoms. The number of hydrogen-bond donors (Lipinski definition) is 2. The summed E-state index contributed by atoms with van der Waals surface area (Å²) >= 11 is 0. The van der Waals surface area contributed by atoms with Crippen molar-refractivity contribution in [3.8, 4) is 0 Å². The maximum atomic E-state index is 13.5. The number of aryl methyl sites for hydroxylation is 1. The average Bonchev–Trinajstić information content (AvgIpc) is 2.49. The lowest BCUT2D eigenvalue weighted by Crippen LogP contribution is -2.28. The fourth-order valence-corrected chi connectivity index (χ4v) is 3.01. The summed E-state index contributed by atoms with van der Waals surface area (Å²) in [5, 5.41) is 2.66. The summed E-state index contributed by atoms with van der Waals surface area (Å²) in [6.07, 6.45) is -0.0540. The number of anilines is 1. The van der Waals surface area contributed by atoms with Gasteiger partial charge >= 0.3 is 0 Å². The van der Waals surface area contributed by atoms with Gasteiger partial charge in [-0.25, -0.2) is 17.5 Å². The Balaban J connectivity index is 1.88. The highest BCUT2D eigenvalue weighted by Crippen LogP contribution is 2.13. The van der Waals surface area contributed by atoms with Gasteiger partial charge in [0.2, 0.25) is 15.9 Å². The number of amides is 1. The van der Waals surface area contributed by atoms with Crippen molar-refractivity contribution in [3.05, 3.63) is 59.9 Å². The van der Waals surface area contributed by atoms with E-state index in [-0.39, 0.29) is 18.9 Å². The summed E-state index contributed by atoms with van der Waals surface area (Å²) in [5.74, 6) is -1.16. The molecule has 122 valence electrons. The van der Waals surface area contributed by atoms with E-state index in [0.717, 1.165) is 11.6 Å². The van der Waals surface area contributed by atoms with E-state index in [2.05, 4.69) is 10.0 Å². The predicted octanol–water partition coefficient (Wildman–Crippen LogP) is 2.44. The quantitative estimate of drug-likeness (QED) is 0.851. The third-order valence-corrected chi connectivity index (χ3v) is 4.60. The van der Waals surface area contributed by atoms with Crippen LogP contribution in [0.2, 0.25) is 0 Å². The van der Waals surface area contributed by atoms with Gasteiger partial charge in [0.25, 0.3) is 0 Å². The fourth-order valence-electron chi connectivity index (χ4n) is 1.90. The minimum absolute atomic E-state index is 0.0540. The normalized spacial score (nSPS) is 11.2. The zero-order valence-corrected chi connectivity index (χ0v) is 13.4. The van der Waals surface area contributed by atoms with Crippen LogP contribution >= 0.6 is 0 Å². The number of carbonyl (C=O) groups is 1. The minimum Gasteiger partial charge on any atom is -0.326 e. The molecule has 0 heterocycles. The Bertz CT molecular complexity index is 789. The van der Waals surface area contributed by atoms with Crippen molar-refractivity contribution in [2.45, 2.75) is 18.2 Å². The first-order chi connectivity index (χ1) is 10.9. The molecule has 5 nitrogen and oxygen atoms in total. The van der Waals surface area contributed by atoms with E-state index in [4.69, 9.17) is 0 Å². The Morgan fingerprint density at radius 2 is 1.74 bits per heavy atom. The molecule has 0 aliphatic rings. The monoisotopic (exact) mass is 336 g/mol. The molecule has 2 rings (SSSR count). The zero-order chi connectivity index (χ0) is 16.9. The first-order valence-electron chi connectivity index (χ1n) is 6.99. The highest BCUT2D eigenvalue weighted by molar-refractivity contribution is 7.89. The lowest BCUT2D eigenvalue weighted by Gasteiger charge is -2.08. The van der Waals surface area contributed by atoms with Crippen molar-refractivity contribution in [2.24, 2.45) is 0 Å². The highest BCUT2D eigenvalue weighted by atomic mass is 32.2. The molecule has 2 aromatic carbocycles. The van der Waals surface area contributed by atoms with Crippen LogP contribution in [0.4, 0.5) is 10.1 Å². The van der Waals surface area contributed by atoms with Gasteiger partial charge in [0.1, 0.15) is 10.7 Å². The molecule has 0 aliphatic carbocycles. The maximum absolute atomic E-state index is 13.5. The van der Waals surface area contributed by atoms with Crippen LogP contribution in [0.3, 0.4) is 0 Å². The Kier molecular flexibility index (Phi) is 5.46. The zero-order valence-electron chi connectivity index (χ0n) is 12.5. The molecule has 7 heteroatoms. The second-order valence-corrected chi connectivity index (χ2v) is 6.73. The molecular formula is C16H17FN2O3S. The minimum atomic E-state index is -3.97. The SMILES string of the molecule is Cc1ccc(NC(=O)CCNS(=O)(=O)c2ccccc2F)cc1. The van der Waals surface area contributed by atoms with Crippen LogP contribution in [0.1, 0.15) is 12.0 Å². The van der Waals surface area contributed by atoms with E-state index >= 15 is 0 Å². The molecule has 0 atom stereocenters. The van der Waals surface area contributed by atoms with Crippen LogP contribution in [-0.2, 0) is 14.8 Å². The number of halogens is 1. The van der Waals surface area contributed by atoms with E-state index in [0.29, 0.717) is 5.69 Å². The molecule has 0 bridgehead atoms. The summed E-state index contributed by atoms with van der Waals surface area (Å²) in [4.78, 5) is 11.3. The summed E-state index contributed by atoms with van der Waals surface area (Å²) in [7, 11) is -3.97. The molecule has 0 unspecified atom stereocenters. The number of benzene rings is 2. The van der Waals surface area contributed by atoms with Gasteiger partial charge in [0, 0.05) is 18.7 Å². The molecule has 0 radical (unpaired) electrons. The van der Waals surface area contributed by atoms with Crippen molar-refractivity contribution in [2.75, 3.05) is 11.9 Å². The summed E-state index contributed by atoms with van der Waals surface area (Å²) < 4.78 is 39.6. The fraction of sp³-hybridized carbons (Fsp3) is 0.188. The van der Waals surface area contributed by atoms with Crippen molar-refractivity contribution in [1.29, 1.82) is 0 Å². The Labute approximate surface area is 134 Å². The van der Waals surface area contributed by atoms with Gasteiger partial charge in [-0.05, 0) is 31.2 Å². The number of rotatable bonds is 6. The molecule has 0 fully saturated rings. The summed E-state index contributed by atoms with van der Waals surface area (Å²) in [5.41, 5.74) is 1.71. The number of hydrogen-bond acceptors (Lipinski definition) is 3. The van der Waals surface area contributed by atoms with E-state index in [9.17, 15) is 17.6 Å². The van der Waals surface area contributed by atoms with Gasteiger partial charge in [-0.2, -0.15) is 0 Å². The van der Waals surface area contributed by atoms with Gasteiger partial charge in [-0.15, -0.1) is 0 Å². The van der Waals surface area contributed by atoms with Gasteiger partial charge in [0.05, 0.1) is 0 Å².